The number of sulfonamides is 1. The summed E-state index contributed by atoms with van der Waals surface area (Å²) in [7, 11) is -3.57. The molecule has 7 nitrogen and oxygen atoms in total. The molecular weight excluding hydrogens is 282 g/mol. The molecule has 0 aromatic carbocycles. The smallest absolute Gasteiger partial charge is 0.260 e. The lowest BCUT2D eigenvalue weighted by Crippen LogP contribution is -2.61. The number of ether oxygens (including phenoxy) is 2. The molecule has 0 saturated carbocycles. The van der Waals surface area contributed by atoms with E-state index < -0.39 is 21.2 Å². The van der Waals surface area contributed by atoms with Gasteiger partial charge < -0.3 is 14.5 Å². The van der Waals surface area contributed by atoms with Crippen molar-refractivity contribution in [2.24, 2.45) is 0 Å². The molecule has 8 heteroatoms. The Kier molecular flexibility index (Phi) is 3.16. The van der Waals surface area contributed by atoms with Crippen molar-refractivity contribution in [3.8, 4) is 0 Å². The third-order valence-electron chi connectivity index (χ3n) is 3.67. The Bertz CT molecular complexity index is 576. The van der Waals surface area contributed by atoms with E-state index in [-0.39, 0.29) is 5.03 Å². The molecule has 1 aromatic rings. The topological polar surface area (TPSA) is 84.5 Å². The monoisotopic (exact) mass is 301 g/mol. The molecule has 0 aliphatic carbocycles. The van der Waals surface area contributed by atoms with E-state index in [1.54, 1.807) is 0 Å². The quantitative estimate of drug-likeness (QED) is 0.853. The van der Waals surface area contributed by atoms with Crippen LogP contribution in [0.4, 0.5) is 0 Å². The van der Waals surface area contributed by atoms with Gasteiger partial charge in [-0.25, -0.2) is 13.4 Å². The number of imidazole rings is 1. The molecule has 1 aromatic heterocycles. The SMILES string of the molecule is CC1(C)CN(S(=O)(=O)c2cnc[nH]2)CC2(CCOC2)O1. The first-order valence-electron chi connectivity index (χ1n) is 6.60. The highest BCUT2D eigenvalue weighted by atomic mass is 32.2. The lowest BCUT2D eigenvalue weighted by molar-refractivity contribution is -0.180. The summed E-state index contributed by atoms with van der Waals surface area (Å²) >= 11 is 0. The number of aromatic amines is 1. The molecule has 1 atom stereocenters. The predicted octanol–water partition coefficient (Wildman–Crippen LogP) is 0.368. The van der Waals surface area contributed by atoms with Crippen molar-refractivity contribution in [1.82, 2.24) is 14.3 Å². The minimum atomic E-state index is -3.57. The van der Waals surface area contributed by atoms with Crippen LogP contribution >= 0.6 is 0 Å². The number of nitrogens with zero attached hydrogens (tertiary/aromatic N) is 2. The van der Waals surface area contributed by atoms with Crippen LogP contribution in [0.25, 0.3) is 0 Å². The Balaban J connectivity index is 1.93. The standard InChI is InChI=1S/C12H19N3O4S/c1-11(2)6-15(7-12(19-11)3-4-18-8-12)20(16,17)10-5-13-9-14-10/h5,9H,3-4,6-8H2,1-2H3,(H,13,14). The molecule has 2 saturated heterocycles. The molecule has 20 heavy (non-hydrogen) atoms. The van der Waals surface area contributed by atoms with Crippen LogP contribution < -0.4 is 0 Å². The van der Waals surface area contributed by atoms with Crippen LogP contribution in [0.3, 0.4) is 0 Å². The lowest BCUT2D eigenvalue weighted by Gasteiger charge is -2.47. The highest BCUT2D eigenvalue weighted by molar-refractivity contribution is 7.89. The normalized spacial score (nSPS) is 30.9. The number of aromatic nitrogens is 2. The zero-order valence-corrected chi connectivity index (χ0v) is 12.4. The number of rotatable bonds is 2. The first kappa shape index (κ1) is 14.0. The Morgan fingerprint density at radius 1 is 1.40 bits per heavy atom. The molecule has 2 aliphatic heterocycles. The van der Waals surface area contributed by atoms with Gasteiger partial charge in [0.25, 0.3) is 10.0 Å². The Hall–Kier alpha value is -0.960. The number of nitrogens with one attached hydrogen (secondary N) is 1. The van der Waals surface area contributed by atoms with E-state index in [0.717, 1.165) is 0 Å². The summed E-state index contributed by atoms with van der Waals surface area (Å²) in [6.45, 7) is 5.48. The largest absolute Gasteiger partial charge is 0.378 e. The maximum absolute atomic E-state index is 12.6. The molecule has 3 rings (SSSR count). The Morgan fingerprint density at radius 3 is 2.80 bits per heavy atom. The van der Waals surface area contributed by atoms with Gasteiger partial charge in [0.2, 0.25) is 0 Å². The third-order valence-corrected chi connectivity index (χ3v) is 5.39. The van der Waals surface area contributed by atoms with E-state index in [9.17, 15) is 8.42 Å². The lowest BCUT2D eigenvalue weighted by atomic mass is 9.97. The van der Waals surface area contributed by atoms with Crippen LogP contribution in [0.2, 0.25) is 0 Å². The summed E-state index contributed by atoms with van der Waals surface area (Å²) in [5, 5.41) is 0.115. The molecule has 0 bridgehead atoms. The molecule has 1 unspecified atom stereocenters. The van der Waals surface area contributed by atoms with E-state index >= 15 is 0 Å². The second-order valence-corrected chi connectivity index (χ2v) is 7.94. The van der Waals surface area contributed by atoms with Crippen LogP contribution in [0.15, 0.2) is 17.6 Å². The minimum Gasteiger partial charge on any atom is -0.378 e. The second kappa shape index (κ2) is 4.52. The summed E-state index contributed by atoms with van der Waals surface area (Å²) in [6, 6.07) is 0. The first-order chi connectivity index (χ1) is 9.33. The van der Waals surface area contributed by atoms with Gasteiger partial charge in [-0.1, -0.05) is 0 Å². The molecule has 3 heterocycles. The molecule has 2 fully saturated rings. The van der Waals surface area contributed by atoms with Gasteiger partial charge in [-0.3, -0.25) is 0 Å². The van der Waals surface area contributed by atoms with Crippen molar-refractivity contribution in [3.63, 3.8) is 0 Å². The van der Waals surface area contributed by atoms with Crippen LogP contribution in [0.1, 0.15) is 20.3 Å². The van der Waals surface area contributed by atoms with E-state index in [2.05, 4.69) is 9.97 Å². The maximum Gasteiger partial charge on any atom is 0.260 e. The molecule has 112 valence electrons. The molecule has 0 radical (unpaired) electrons. The molecule has 1 spiro atoms. The van der Waals surface area contributed by atoms with Gasteiger partial charge in [0.1, 0.15) is 5.60 Å². The fourth-order valence-electron chi connectivity index (χ4n) is 2.94. The van der Waals surface area contributed by atoms with Crippen molar-refractivity contribution < 1.29 is 17.9 Å². The number of hydrogen-bond donors (Lipinski definition) is 1. The van der Waals surface area contributed by atoms with Gasteiger partial charge in [0, 0.05) is 26.1 Å². The predicted molar refractivity (Wildman–Crippen MR) is 70.7 cm³/mol. The van der Waals surface area contributed by atoms with Crippen molar-refractivity contribution in [2.75, 3.05) is 26.3 Å². The summed E-state index contributed by atoms with van der Waals surface area (Å²) < 4.78 is 38.3. The van der Waals surface area contributed by atoms with Crippen LogP contribution in [-0.2, 0) is 19.5 Å². The van der Waals surface area contributed by atoms with Gasteiger partial charge in [-0.15, -0.1) is 0 Å². The Morgan fingerprint density at radius 2 is 2.20 bits per heavy atom. The first-order valence-corrected chi connectivity index (χ1v) is 8.04. The van der Waals surface area contributed by atoms with Crippen molar-refractivity contribution in [2.45, 2.75) is 36.5 Å². The van der Waals surface area contributed by atoms with Crippen molar-refractivity contribution >= 4 is 10.0 Å². The average Bonchev–Trinajstić information content (AvgIpc) is 2.98. The molecule has 1 N–H and O–H groups in total. The summed E-state index contributed by atoms with van der Waals surface area (Å²) in [6.07, 6.45) is 3.41. The van der Waals surface area contributed by atoms with Crippen molar-refractivity contribution in [1.29, 1.82) is 0 Å². The second-order valence-electron chi connectivity index (χ2n) is 6.04. The van der Waals surface area contributed by atoms with Gasteiger partial charge in [0.05, 0.1) is 24.7 Å². The van der Waals surface area contributed by atoms with Crippen LogP contribution in [-0.4, -0.2) is 60.2 Å². The molecule has 2 aliphatic rings. The number of morpholine rings is 1. The van der Waals surface area contributed by atoms with E-state index in [1.807, 2.05) is 13.8 Å². The van der Waals surface area contributed by atoms with E-state index in [4.69, 9.17) is 9.47 Å². The average molecular weight is 301 g/mol. The highest BCUT2D eigenvalue weighted by Gasteiger charge is 2.50. The van der Waals surface area contributed by atoms with E-state index in [1.165, 1.54) is 16.8 Å². The number of H-pyrrole nitrogens is 1. The van der Waals surface area contributed by atoms with Crippen LogP contribution in [0, 0.1) is 0 Å². The zero-order valence-electron chi connectivity index (χ0n) is 11.6. The third kappa shape index (κ3) is 2.37. The summed E-state index contributed by atoms with van der Waals surface area (Å²) in [4.78, 5) is 6.46. The van der Waals surface area contributed by atoms with E-state index in [0.29, 0.717) is 32.7 Å². The summed E-state index contributed by atoms with van der Waals surface area (Å²) in [5.41, 5.74) is -1.08. The van der Waals surface area contributed by atoms with Gasteiger partial charge >= 0.3 is 0 Å². The van der Waals surface area contributed by atoms with Crippen LogP contribution in [0.5, 0.6) is 0 Å². The molecule has 0 amide bonds. The zero-order chi connectivity index (χ0) is 14.4. The summed E-state index contributed by atoms with van der Waals surface area (Å²) in [5.74, 6) is 0. The Labute approximate surface area is 118 Å². The molecular formula is C12H19N3O4S. The highest BCUT2D eigenvalue weighted by Crippen LogP contribution is 2.36. The minimum absolute atomic E-state index is 0.115. The van der Waals surface area contributed by atoms with Gasteiger partial charge in [-0.2, -0.15) is 4.31 Å². The fraction of sp³-hybridized carbons (Fsp3) is 0.750. The number of hydrogen-bond acceptors (Lipinski definition) is 5. The fourth-order valence-corrected chi connectivity index (χ4v) is 4.50. The maximum atomic E-state index is 12.6. The van der Waals surface area contributed by atoms with Crippen molar-refractivity contribution in [3.05, 3.63) is 12.5 Å². The van der Waals surface area contributed by atoms with Gasteiger partial charge in [-0.05, 0) is 13.8 Å². The van der Waals surface area contributed by atoms with Gasteiger partial charge in [0.15, 0.2) is 5.03 Å².